The zero-order valence-corrected chi connectivity index (χ0v) is 12.4. The van der Waals surface area contributed by atoms with Crippen molar-refractivity contribution in [1.82, 2.24) is 5.32 Å². The maximum absolute atomic E-state index is 11.7. The quantitative estimate of drug-likeness (QED) is 0.764. The molecule has 0 bridgehead atoms. The van der Waals surface area contributed by atoms with E-state index in [0.717, 1.165) is 18.4 Å². The topological polar surface area (TPSA) is 84.9 Å². The zero-order chi connectivity index (χ0) is 15.8. The standard InChI is InChI=1S/C16H21NO5/c18-15(10-21-13-5-1-2-6-13)17-9-12-4-3-7-14(8-12)22-11-16(19)20/h3-4,7-8,13H,1-2,5-6,9-11H2,(H,17,18)(H,19,20). The number of hydrogen-bond acceptors (Lipinski definition) is 4. The lowest BCUT2D eigenvalue weighted by Crippen LogP contribution is -2.28. The van der Waals surface area contributed by atoms with E-state index in [1.807, 2.05) is 6.07 Å². The molecule has 0 spiro atoms. The van der Waals surface area contributed by atoms with Gasteiger partial charge < -0.3 is 19.9 Å². The highest BCUT2D eigenvalue weighted by molar-refractivity contribution is 5.77. The van der Waals surface area contributed by atoms with Crippen LogP contribution >= 0.6 is 0 Å². The van der Waals surface area contributed by atoms with Crippen LogP contribution in [0.4, 0.5) is 0 Å². The smallest absolute Gasteiger partial charge is 0.341 e. The highest BCUT2D eigenvalue weighted by atomic mass is 16.5. The summed E-state index contributed by atoms with van der Waals surface area (Å²) in [6.45, 7) is 0.0576. The highest BCUT2D eigenvalue weighted by Crippen LogP contribution is 2.20. The fraction of sp³-hybridized carbons (Fsp3) is 0.500. The van der Waals surface area contributed by atoms with Crippen molar-refractivity contribution in [2.45, 2.75) is 38.3 Å². The normalized spacial score (nSPS) is 14.7. The first-order valence-electron chi connectivity index (χ1n) is 7.45. The van der Waals surface area contributed by atoms with E-state index < -0.39 is 5.97 Å². The maximum atomic E-state index is 11.7. The number of carbonyl (C=O) groups is 2. The van der Waals surface area contributed by atoms with Crippen LogP contribution in [-0.4, -0.2) is 36.3 Å². The second-order valence-electron chi connectivity index (χ2n) is 5.32. The molecule has 0 radical (unpaired) electrons. The molecule has 2 rings (SSSR count). The van der Waals surface area contributed by atoms with Crippen LogP contribution in [-0.2, 0) is 20.9 Å². The Morgan fingerprint density at radius 3 is 2.73 bits per heavy atom. The molecule has 120 valence electrons. The van der Waals surface area contributed by atoms with E-state index in [1.165, 1.54) is 12.8 Å². The number of ether oxygens (including phenoxy) is 2. The first kappa shape index (κ1) is 16.3. The minimum atomic E-state index is -1.03. The van der Waals surface area contributed by atoms with Gasteiger partial charge in [-0.05, 0) is 30.5 Å². The summed E-state index contributed by atoms with van der Waals surface area (Å²) < 4.78 is 10.6. The van der Waals surface area contributed by atoms with E-state index >= 15 is 0 Å². The molecule has 1 fully saturated rings. The Kier molecular flexibility index (Phi) is 6.21. The van der Waals surface area contributed by atoms with Crippen molar-refractivity contribution in [2.75, 3.05) is 13.2 Å². The van der Waals surface area contributed by atoms with Crippen LogP contribution in [0.2, 0.25) is 0 Å². The fourth-order valence-electron chi connectivity index (χ4n) is 2.39. The van der Waals surface area contributed by atoms with Crippen LogP contribution in [0.25, 0.3) is 0 Å². The molecular weight excluding hydrogens is 286 g/mol. The van der Waals surface area contributed by atoms with Gasteiger partial charge in [0.1, 0.15) is 12.4 Å². The molecule has 22 heavy (non-hydrogen) atoms. The summed E-state index contributed by atoms with van der Waals surface area (Å²) >= 11 is 0. The average Bonchev–Trinajstić information content (AvgIpc) is 3.03. The summed E-state index contributed by atoms with van der Waals surface area (Å²) in [5.74, 6) is -0.706. The first-order valence-corrected chi connectivity index (χ1v) is 7.45. The molecule has 1 aliphatic rings. The predicted octanol–water partition coefficient (Wildman–Crippen LogP) is 1.73. The van der Waals surface area contributed by atoms with Gasteiger partial charge >= 0.3 is 5.97 Å². The monoisotopic (exact) mass is 307 g/mol. The van der Waals surface area contributed by atoms with Gasteiger partial charge in [0.25, 0.3) is 0 Å². The SMILES string of the molecule is O=C(O)COc1cccc(CNC(=O)COC2CCCC2)c1. The van der Waals surface area contributed by atoms with Gasteiger partial charge in [-0.2, -0.15) is 0 Å². The van der Waals surface area contributed by atoms with E-state index in [4.69, 9.17) is 14.6 Å². The number of rotatable bonds is 8. The van der Waals surface area contributed by atoms with Crippen molar-refractivity contribution in [3.63, 3.8) is 0 Å². The molecule has 1 aliphatic carbocycles. The molecule has 2 N–H and O–H groups in total. The van der Waals surface area contributed by atoms with E-state index in [1.54, 1.807) is 18.2 Å². The van der Waals surface area contributed by atoms with Crippen molar-refractivity contribution in [3.05, 3.63) is 29.8 Å². The minimum Gasteiger partial charge on any atom is -0.482 e. The van der Waals surface area contributed by atoms with Crippen LogP contribution in [0.3, 0.4) is 0 Å². The third-order valence-electron chi connectivity index (χ3n) is 3.50. The van der Waals surface area contributed by atoms with Crippen LogP contribution < -0.4 is 10.1 Å². The van der Waals surface area contributed by atoms with Crippen molar-refractivity contribution in [1.29, 1.82) is 0 Å². The minimum absolute atomic E-state index is 0.0832. The van der Waals surface area contributed by atoms with Crippen molar-refractivity contribution >= 4 is 11.9 Å². The second kappa shape index (κ2) is 8.38. The van der Waals surface area contributed by atoms with Gasteiger partial charge in [0.05, 0.1) is 6.10 Å². The molecule has 6 nitrogen and oxygen atoms in total. The molecule has 0 unspecified atom stereocenters. The fourth-order valence-corrected chi connectivity index (χ4v) is 2.39. The molecule has 1 saturated carbocycles. The molecule has 0 aromatic heterocycles. The van der Waals surface area contributed by atoms with Gasteiger partial charge in [0.2, 0.25) is 5.91 Å². The van der Waals surface area contributed by atoms with Gasteiger partial charge in [-0.25, -0.2) is 4.79 Å². The summed E-state index contributed by atoms with van der Waals surface area (Å²) in [7, 11) is 0. The van der Waals surface area contributed by atoms with Crippen LogP contribution in [0.1, 0.15) is 31.2 Å². The number of benzene rings is 1. The first-order chi connectivity index (χ1) is 10.6. The number of nitrogens with one attached hydrogen (secondary N) is 1. The molecular formula is C16H21NO5. The maximum Gasteiger partial charge on any atom is 0.341 e. The van der Waals surface area contributed by atoms with Crippen LogP contribution in [0, 0.1) is 0 Å². The van der Waals surface area contributed by atoms with E-state index in [9.17, 15) is 9.59 Å². The summed E-state index contributed by atoms with van der Waals surface area (Å²) in [4.78, 5) is 22.2. The van der Waals surface area contributed by atoms with E-state index in [2.05, 4.69) is 5.32 Å². The third kappa shape index (κ3) is 5.73. The Morgan fingerprint density at radius 1 is 1.23 bits per heavy atom. The average molecular weight is 307 g/mol. The number of carbonyl (C=O) groups excluding carboxylic acids is 1. The van der Waals surface area contributed by atoms with Crippen LogP contribution in [0.15, 0.2) is 24.3 Å². The van der Waals surface area contributed by atoms with E-state index in [-0.39, 0.29) is 25.2 Å². The van der Waals surface area contributed by atoms with Gasteiger partial charge in [0.15, 0.2) is 6.61 Å². The molecule has 1 aromatic rings. The van der Waals surface area contributed by atoms with Gasteiger partial charge in [0, 0.05) is 6.54 Å². The highest BCUT2D eigenvalue weighted by Gasteiger charge is 2.16. The molecule has 1 amide bonds. The van der Waals surface area contributed by atoms with Crippen molar-refractivity contribution < 1.29 is 24.2 Å². The van der Waals surface area contributed by atoms with Crippen molar-refractivity contribution in [3.8, 4) is 5.75 Å². The number of aliphatic carboxylic acids is 1. The lowest BCUT2D eigenvalue weighted by Gasteiger charge is -2.11. The Balaban J connectivity index is 1.72. The third-order valence-corrected chi connectivity index (χ3v) is 3.50. The van der Waals surface area contributed by atoms with Crippen molar-refractivity contribution in [2.24, 2.45) is 0 Å². The number of amides is 1. The summed E-state index contributed by atoms with van der Waals surface area (Å²) in [5.41, 5.74) is 0.845. The Labute approximate surface area is 129 Å². The molecule has 0 saturated heterocycles. The predicted molar refractivity (Wildman–Crippen MR) is 79.6 cm³/mol. The molecule has 0 atom stereocenters. The van der Waals surface area contributed by atoms with E-state index in [0.29, 0.717) is 12.3 Å². The Hall–Kier alpha value is -2.08. The zero-order valence-electron chi connectivity index (χ0n) is 12.4. The second-order valence-corrected chi connectivity index (χ2v) is 5.32. The molecule has 6 heteroatoms. The van der Waals surface area contributed by atoms with Gasteiger partial charge in [-0.3, -0.25) is 4.79 Å². The molecule has 1 aromatic carbocycles. The van der Waals surface area contributed by atoms with Crippen LogP contribution in [0.5, 0.6) is 5.75 Å². The summed E-state index contributed by atoms with van der Waals surface area (Å²) in [6, 6.07) is 6.98. The summed E-state index contributed by atoms with van der Waals surface area (Å²) in [5, 5.41) is 11.4. The largest absolute Gasteiger partial charge is 0.482 e. The number of carboxylic acid groups (broad SMARTS) is 1. The Morgan fingerprint density at radius 2 is 2.00 bits per heavy atom. The van der Waals surface area contributed by atoms with Gasteiger partial charge in [-0.15, -0.1) is 0 Å². The van der Waals surface area contributed by atoms with Gasteiger partial charge in [-0.1, -0.05) is 25.0 Å². The number of hydrogen-bond donors (Lipinski definition) is 2. The molecule has 0 heterocycles. The molecule has 0 aliphatic heterocycles. The summed E-state index contributed by atoms with van der Waals surface area (Å²) in [6.07, 6.45) is 4.65. The Bertz CT molecular complexity index is 511. The number of carboxylic acids is 1. The lowest BCUT2D eigenvalue weighted by molar-refractivity contribution is -0.139. The lowest BCUT2D eigenvalue weighted by atomic mass is 10.2.